The van der Waals surface area contributed by atoms with Crippen molar-refractivity contribution in [1.29, 1.82) is 0 Å². The number of thiophene rings is 1. The predicted octanol–water partition coefficient (Wildman–Crippen LogP) is 5.69. The van der Waals surface area contributed by atoms with Gasteiger partial charge in [0.25, 0.3) is 10.0 Å². The fraction of sp³-hybridized carbons (Fsp3) is 0.391. The molecule has 1 saturated carbocycles. The van der Waals surface area contributed by atoms with Gasteiger partial charge in [0, 0.05) is 18.3 Å². The summed E-state index contributed by atoms with van der Waals surface area (Å²) in [5, 5.41) is 5.65. The zero-order valence-corrected chi connectivity index (χ0v) is 21.6. The van der Waals surface area contributed by atoms with Crippen molar-refractivity contribution in [3.63, 3.8) is 0 Å². The summed E-state index contributed by atoms with van der Waals surface area (Å²) in [5.41, 5.74) is 0.0519. The number of urea groups is 1. The molecule has 3 aromatic rings. The van der Waals surface area contributed by atoms with Crippen LogP contribution in [0.3, 0.4) is 0 Å². The fourth-order valence-electron chi connectivity index (χ4n) is 4.23. The number of nitrogens with zero attached hydrogens (tertiary/aromatic N) is 1. The summed E-state index contributed by atoms with van der Waals surface area (Å²) in [6, 6.07) is 4.38. The molecule has 2 aromatic heterocycles. The van der Waals surface area contributed by atoms with Crippen LogP contribution in [0.15, 0.2) is 39.5 Å². The summed E-state index contributed by atoms with van der Waals surface area (Å²) in [4.78, 5) is 25.6. The molecule has 0 saturated heterocycles. The number of halogens is 2. The molecular weight excluding hydrogens is 515 g/mol. The second-order valence-corrected chi connectivity index (χ2v) is 12.4. The van der Waals surface area contributed by atoms with E-state index in [1.807, 2.05) is 18.6 Å². The summed E-state index contributed by atoms with van der Waals surface area (Å²) < 4.78 is 43.5. The van der Waals surface area contributed by atoms with Gasteiger partial charge in [0.2, 0.25) is 5.43 Å². The lowest BCUT2D eigenvalue weighted by molar-refractivity contribution is 0.256. The van der Waals surface area contributed by atoms with E-state index in [1.165, 1.54) is 24.8 Å². The third-order valence-electron chi connectivity index (χ3n) is 5.93. The number of pyridine rings is 1. The van der Waals surface area contributed by atoms with Crippen molar-refractivity contribution in [3.05, 3.63) is 50.8 Å². The fourth-order valence-corrected chi connectivity index (χ4v) is 6.62. The number of rotatable bonds is 6. The third kappa shape index (κ3) is 5.62. The Hall–Kier alpha value is -2.63. The van der Waals surface area contributed by atoms with Crippen LogP contribution in [0.25, 0.3) is 10.9 Å². The molecule has 12 heteroatoms. The van der Waals surface area contributed by atoms with Crippen molar-refractivity contribution < 1.29 is 17.6 Å². The molecule has 0 atom stereocenters. The highest BCUT2D eigenvalue weighted by Crippen LogP contribution is 2.29. The topological polar surface area (TPSA) is 109 Å². The second kappa shape index (κ2) is 10.2. The minimum absolute atomic E-state index is 0.0797. The highest BCUT2D eigenvalue weighted by molar-refractivity contribution is 7.92. The van der Waals surface area contributed by atoms with Crippen molar-refractivity contribution in [2.75, 3.05) is 10.6 Å². The first-order valence-corrected chi connectivity index (χ1v) is 14.0. The molecular formula is C23H26ClFN4O4S2. The second-order valence-electron chi connectivity index (χ2n) is 8.82. The SMILES string of the molecule is CC(C)n1cc(NC(=O)NS(=O)(=O)c2ccc(Cl)s2)c(=O)c2cc(F)c(NC3CCCCC3)cc21. The number of hydrogen-bond acceptors (Lipinski definition) is 6. The predicted molar refractivity (Wildman–Crippen MR) is 138 cm³/mol. The number of carbonyl (C=O) groups excluding carboxylic acids is 1. The van der Waals surface area contributed by atoms with Crippen LogP contribution in [0.2, 0.25) is 4.34 Å². The number of amides is 2. The van der Waals surface area contributed by atoms with Crippen LogP contribution >= 0.6 is 22.9 Å². The summed E-state index contributed by atoms with van der Waals surface area (Å²) in [6.07, 6.45) is 6.73. The zero-order valence-electron chi connectivity index (χ0n) is 19.2. The van der Waals surface area contributed by atoms with Gasteiger partial charge >= 0.3 is 6.03 Å². The van der Waals surface area contributed by atoms with Gasteiger partial charge in [-0.15, -0.1) is 11.3 Å². The van der Waals surface area contributed by atoms with Crippen LogP contribution in [0.1, 0.15) is 52.0 Å². The molecule has 188 valence electrons. The number of sulfonamides is 1. The largest absolute Gasteiger partial charge is 0.380 e. The van der Waals surface area contributed by atoms with E-state index in [1.54, 1.807) is 10.6 Å². The maximum absolute atomic E-state index is 15.0. The maximum atomic E-state index is 15.0. The molecule has 35 heavy (non-hydrogen) atoms. The molecule has 4 rings (SSSR count). The first-order chi connectivity index (χ1) is 16.5. The van der Waals surface area contributed by atoms with E-state index in [-0.39, 0.29) is 31.7 Å². The van der Waals surface area contributed by atoms with Gasteiger partial charge in [0.05, 0.1) is 20.9 Å². The number of hydrogen-bond donors (Lipinski definition) is 3. The van der Waals surface area contributed by atoms with Crippen LogP contribution in [0.4, 0.5) is 20.6 Å². The number of fused-ring (bicyclic) bond motifs is 1. The lowest BCUT2D eigenvalue weighted by Gasteiger charge is -2.25. The van der Waals surface area contributed by atoms with E-state index in [9.17, 15) is 22.4 Å². The number of anilines is 2. The Morgan fingerprint density at radius 3 is 2.51 bits per heavy atom. The average Bonchev–Trinajstić information content (AvgIpc) is 3.24. The highest BCUT2D eigenvalue weighted by Gasteiger charge is 2.22. The van der Waals surface area contributed by atoms with Crippen molar-refractivity contribution >= 4 is 61.3 Å². The van der Waals surface area contributed by atoms with Crippen molar-refractivity contribution in [1.82, 2.24) is 9.29 Å². The molecule has 0 unspecified atom stereocenters. The monoisotopic (exact) mass is 540 g/mol. The van der Waals surface area contributed by atoms with Gasteiger partial charge in [-0.3, -0.25) is 4.79 Å². The Labute approximate surface area is 211 Å². The van der Waals surface area contributed by atoms with Crippen molar-refractivity contribution in [3.8, 4) is 0 Å². The minimum atomic E-state index is -4.17. The van der Waals surface area contributed by atoms with E-state index >= 15 is 0 Å². The standard InChI is InChI=1S/C23H26ClFN4O4S2/c1-13(2)29-12-18(27-23(31)28-35(32,33)21-9-8-20(24)34-21)22(30)15-10-16(25)17(11-19(15)29)26-14-6-4-3-5-7-14/h8-14,26H,3-7H2,1-2H3,(H2,27,28,31). The molecule has 8 nitrogen and oxygen atoms in total. The Balaban J connectivity index is 1.66. The van der Waals surface area contributed by atoms with Gasteiger partial charge in [-0.2, -0.15) is 0 Å². The molecule has 3 N–H and O–H groups in total. The summed E-state index contributed by atoms with van der Waals surface area (Å²) >= 11 is 6.57. The average molecular weight is 541 g/mol. The molecule has 2 heterocycles. The maximum Gasteiger partial charge on any atom is 0.333 e. The molecule has 1 aromatic carbocycles. The lowest BCUT2D eigenvalue weighted by atomic mass is 9.95. The Kier molecular flexibility index (Phi) is 7.39. The van der Waals surface area contributed by atoms with E-state index in [0.29, 0.717) is 11.2 Å². The van der Waals surface area contributed by atoms with Gasteiger partial charge < -0.3 is 15.2 Å². The highest BCUT2D eigenvalue weighted by atomic mass is 35.5. The smallest absolute Gasteiger partial charge is 0.333 e. The Bertz CT molecular complexity index is 1430. The van der Waals surface area contributed by atoms with E-state index < -0.39 is 27.3 Å². The number of carbonyl (C=O) groups is 1. The van der Waals surface area contributed by atoms with Crippen molar-refractivity contribution in [2.45, 2.75) is 62.2 Å². The molecule has 2 amide bonds. The minimum Gasteiger partial charge on any atom is -0.380 e. The van der Waals surface area contributed by atoms with Crippen LogP contribution in [-0.4, -0.2) is 25.1 Å². The molecule has 1 aliphatic rings. The van der Waals surface area contributed by atoms with Gasteiger partial charge in [-0.05, 0) is 51.0 Å². The molecule has 0 aliphatic heterocycles. The molecule has 1 aliphatic carbocycles. The van der Waals surface area contributed by atoms with E-state index in [0.717, 1.165) is 43.1 Å². The first-order valence-electron chi connectivity index (χ1n) is 11.3. The van der Waals surface area contributed by atoms with Crippen LogP contribution in [0, 0.1) is 5.82 Å². The number of nitrogens with one attached hydrogen (secondary N) is 3. The first kappa shape index (κ1) is 25.5. The van der Waals surface area contributed by atoms with Gasteiger partial charge in [0.1, 0.15) is 15.7 Å². The summed E-state index contributed by atoms with van der Waals surface area (Å²) in [5.74, 6) is -0.561. The zero-order chi connectivity index (χ0) is 25.3. The molecule has 0 radical (unpaired) electrons. The van der Waals surface area contributed by atoms with Gasteiger partial charge in [0.15, 0.2) is 0 Å². The van der Waals surface area contributed by atoms with Gasteiger partial charge in [-0.25, -0.2) is 22.3 Å². The molecule has 1 fully saturated rings. The van der Waals surface area contributed by atoms with Crippen molar-refractivity contribution in [2.24, 2.45) is 0 Å². The van der Waals surface area contributed by atoms with Gasteiger partial charge in [-0.1, -0.05) is 30.9 Å². The molecule has 0 spiro atoms. The quantitative estimate of drug-likeness (QED) is 0.372. The Morgan fingerprint density at radius 1 is 1.17 bits per heavy atom. The summed E-state index contributed by atoms with van der Waals surface area (Å²) in [7, 11) is -4.17. The number of benzene rings is 1. The van der Waals surface area contributed by atoms with Crippen LogP contribution < -0.4 is 20.8 Å². The molecule has 0 bridgehead atoms. The lowest BCUT2D eigenvalue weighted by Crippen LogP contribution is -2.35. The normalized spacial score (nSPS) is 14.9. The summed E-state index contributed by atoms with van der Waals surface area (Å²) in [6.45, 7) is 3.77. The van der Waals surface area contributed by atoms with Crippen LogP contribution in [-0.2, 0) is 10.0 Å². The van der Waals surface area contributed by atoms with E-state index in [2.05, 4.69) is 10.6 Å². The van der Waals surface area contributed by atoms with E-state index in [4.69, 9.17) is 11.6 Å². The van der Waals surface area contributed by atoms with Crippen LogP contribution in [0.5, 0.6) is 0 Å². The number of aromatic nitrogens is 1. The third-order valence-corrected chi connectivity index (χ3v) is 8.98. The Morgan fingerprint density at radius 2 is 1.89 bits per heavy atom.